The van der Waals surface area contributed by atoms with Gasteiger partial charge in [0.25, 0.3) is 5.91 Å². The highest BCUT2D eigenvalue weighted by Gasteiger charge is 2.27. The van der Waals surface area contributed by atoms with Gasteiger partial charge in [-0.05, 0) is 42.3 Å². The first-order valence-corrected chi connectivity index (χ1v) is 9.78. The molecule has 152 valence electrons. The molecule has 1 fully saturated rings. The maximum absolute atomic E-state index is 13.1. The van der Waals surface area contributed by atoms with E-state index in [4.69, 9.17) is 9.47 Å². The Hall–Kier alpha value is -3.22. The van der Waals surface area contributed by atoms with Gasteiger partial charge in [-0.3, -0.25) is 9.59 Å². The van der Waals surface area contributed by atoms with Crippen molar-refractivity contribution in [2.24, 2.45) is 0 Å². The molecular weight excluding hydrogens is 370 g/mol. The van der Waals surface area contributed by atoms with Crippen molar-refractivity contribution >= 4 is 23.2 Å². The third kappa shape index (κ3) is 3.72. The van der Waals surface area contributed by atoms with Gasteiger partial charge in [-0.15, -0.1) is 0 Å². The number of amides is 2. The Kier molecular flexibility index (Phi) is 5.29. The molecule has 0 radical (unpaired) electrons. The summed E-state index contributed by atoms with van der Waals surface area (Å²) in [5.41, 5.74) is 3.67. The Labute approximate surface area is 170 Å². The van der Waals surface area contributed by atoms with Gasteiger partial charge < -0.3 is 24.6 Å². The smallest absolute Gasteiger partial charge is 0.261 e. The lowest BCUT2D eigenvalue weighted by Crippen LogP contribution is -2.49. The molecule has 4 rings (SSSR count). The minimum Gasteiger partial charge on any atom is -0.496 e. The Balaban J connectivity index is 1.46. The number of rotatable bonds is 4. The van der Waals surface area contributed by atoms with Gasteiger partial charge in [0.05, 0.1) is 14.2 Å². The molecule has 0 aliphatic carbocycles. The maximum atomic E-state index is 13.1. The summed E-state index contributed by atoms with van der Waals surface area (Å²) >= 11 is 0. The summed E-state index contributed by atoms with van der Waals surface area (Å²) in [6, 6.07) is 11.5. The van der Waals surface area contributed by atoms with Gasteiger partial charge in [0.2, 0.25) is 5.91 Å². The molecule has 2 aromatic rings. The van der Waals surface area contributed by atoms with Crippen molar-refractivity contribution < 1.29 is 19.1 Å². The molecule has 7 nitrogen and oxygen atoms in total. The van der Waals surface area contributed by atoms with E-state index in [2.05, 4.69) is 16.3 Å². The standard InChI is InChI=1S/C22H25N3O4/c1-28-18-4-3-5-19(29-2)21(18)22(27)25-12-10-24(11-13-25)16-7-8-17-15(14-16)6-9-20(26)23-17/h3-5,7-8,14H,6,9-13H2,1-2H3,(H,23,26). The number of fused-ring (bicyclic) bond motifs is 1. The SMILES string of the molecule is COc1cccc(OC)c1C(=O)N1CCN(c2ccc3c(c2)CCC(=O)N3)CC1. The van der Waals surface area contributed by atoms with Crippen LogP contribution in [0.4, 0.5) is 11.4 Å². The van der Waals surface area contributed by atoms with E-state index in [0.717, 1.165) is 30.9 Å². The fourth-order valence-electron chi connectivity index (χ4n) is 3.95. The Bertz CT molecular complexity index is 913. The van der Waals surface area contributed by atoms with Crippen molar-refractivity contribution in [2.75, 3.05) is 50.6 Å². The maximum Gasteiger partial charge on any atom is 0.261 e. The van der Waals surface area contributed by atoms with Crippen LogP contribution in [0.5, 0.6) is 11.5 Å². The Morgan fingerprint density at radius 3 is 2.31 bits per heavy atom. The van der Waals surface area contributed by atoms with Gasteiger partial charge in [-0.2, -0.15) is 0 Å². The highest BCUT2D eigenvalue weighted by atomic mass is 16.5. The lowest BCUT2D eigenvalue weighted by Gasteiger charge is -2.37. The molecule has 1 saturated heterocycles. The molecule has 0 spiro atoms. The number of ether oxygens (including phenoxy) is 2. The number of carbonyl (C=O) groups excluding carboxylic acids is 2. The summed E-state index contributed by atoms with van der Waals surface area (Å²) in [4.78, 5) is 28.8. The largest absolute Gasteiger partial charge is 0.496 e. The number of nitrogens with zero attached hydrogens (tertiary/aromatic N) is 2. The van der Waals surface area contributed by atoms with Crippen LogP contribution >= 0.6 is 0 Å². The number of hydrogen-bond acceptors (Lipinski definition) is 5. The minimum atomic E-state index is -0.0768. The third-order valence-corrected chi connectivity index (χ3v) is 5.56. The summed E-state index contributed by atoms with van der Waals surface area (Å²) in [5.74, 6) is 1.04. The van der Waals surface area contributed by atoms with Crippen LogP contribution in [0.1, 0.15) is 22.3 Å². The lowest BCUT2D eigenvalue weighted by atomic mass is 10.0. The zero-order chi connectivity index (χ0) is 20.4. The van der Waals surface area contributed by atoms with Gasteiger partial charge in [0.15, 0.2) is 0 Å². The highest BCUT2D eigenvalue weighted by molar-refractivity contribution is 6.00. The molecule has 0 atom stereocenters. The average Bonchev–Trinajstić information content (AvgIpc) is 2.77. The van der Waals surface area contributed by atoms with Crippen LogP contribution in [0.25, 0.3) is 0 Å². The second-order valence-electron chi connectivity index (χ2n) is 7.21. The van der Waals surface area contributed by atoms with Gasteiger partial charge in [-0.25, -0.2) is 0 Å². The number of carbonyl (C=O) groups is 2. The van der Waals surface area contributed by atoms with Crippen LogP contribution in [0.15, 0.2) is 36.4 Å². The summed E-state index contributed by atoms with van der Waals surface area (Å²) in [7, 11) is 3.12. The first-order valence-electron chi connectivity index (χ1n) is 9.78. The molecule has 2 heterocycles. The van der Waals surface area contributed by atoms with E-state index in [1.807, 2.05) is 23.1 Å². The minimum absolute atomic E-state index is 0.0733. The first kappa shape index (κ1) is 19.1. The zero-order valence-electron chi connectivity index (χ0n) is 16.7. The monoisotopic (exact) mass is 395 g/mol. The number of methoxy groups -OCH3 is 2. The molecule has 2 aromatic carbocycles. The van der Waals surface area contributed by atoms with Crippen molar-refractivity contribution in [1.82, 2.24) is 4.90 Å². The van der Waals surface area contributed by atoms with Gasteiger partial charge in [-0.1, -0.05) is 6.07 Å². The predicted molar refractivity (Wildman–Crippen MR) is 111 cm³/mol. The van der Waals surface area contributed by atoms with E-state index in [-0.39, 0.29) is 11.8 Å². The van der Waals surface area contributed by atoms with Crippen molar-refractivity contribution in [1.29, 1.82) is 0 Å². The van der Waals surface area contributed by atoms with Gasteiger partial charge in [0, 0.05) is 44.0 Å². The number of hydrogen-bond donors (Lipinski definition) is 1. The molecule has 0 aromatic heterocycles. The Morgan fingerprint density at radius 1 is 0.966 bits per heavy atom. The molecular formula is C22H25N3O4. The number of anilines is 2. The van der Waals surface area contributed by atoms with Gasteiger partial charge in [0.1, 0.15) is 17.1 Å². The van der Waals surface area contributed by atoms with Gasteiger partial charge >= 0.3 is 0 Å². The molecule has 2 aliphatic rings. The number of benzene rings is 2. The van der Waals surface area contributed by atoms with Crippen molar-refractivity contribution in [3.63, 3.8) is 0 Å². The van der Waals surface area contributed by atoms with E-state index in [1.165, 1.54) is 5.56 Å². The number of aryl methyl sites for hydroxylation is 1. The fourth-order valence-corrected chi connectivity index (χ4v) is 3.95. The summed E-state index contributed by atoms with van der Waals surface area (Å²) in [6.45, 7) is 2.73. The molecule has 29 heavy (non-hydrogen) atoms. The number of nitrogens with one attached hydrogen (secondary N) is 1. The second kappa shape index (κ2) is 8.03. The van der Waals surface area contributed by atoms with Crippen LogP contribution in [0.3, 0.4) is 0 Å². The molecule has 2 aliphatic heterocycles. The normalized spacial score (nSPS) is 16.1. The molecule has 2 amide bonds. The third-order valence-electron chi connectivity index (χ3n) is 5.56. The zero-order valence-corrected chi connectivity index (χ0v) is 16.7. The second-order valence-corrected chi connectivity index (χ2v) is 7.21. The summed E-state index contributed by atoms with van der Waals surface area (Å²) in [6.07, 6.45) is 1.29. The van der Waals surface area contributed by atoms with Crippen molar-refractivity contribution in [2.45, 2.75) is 12.8 Å². The first-order chi connectivity index (χ1) is 14.1. The highest BCUT2D eigenvalue weighted by Crippen LogP contribution is 2.31. The molecule has 0 bridgehead atoms. The molecule has 1 N–H and O–H groups in total. The van der Waals surface area contributed by atoms with Crippen molar-refractivity contribution in [3.8, 4) is 11.5 Å². The van der Waals surface area contributed by atoms with E-state index in [0.29, 0.717) is 36.6 Å². The van der Waals surface area contributed by atoms with Crippen LogP contribution in [0.2, 0.25) is 0 Å². The fraction of sp³-hybridized carbons (Fsp3) is 0.364. The quantitative estimate of drug-likeness (QED) is 0.862. The molecule has 7 heteroatoms. The van der Waals surface area contributed by atoms with E-state index < -0.39 is 0 Å². The summed E-state index contributed by atoms with van der Waals surface area (Å²) in [5, 5.41) is 2.92. The summed E-state index contributed by atoms with van der Waals surface area (Å²) < 4.78 is 10.8. The topological polar surface area (TPSA) is 71.1 Å². The number of piperazine rings is 1. The van der Waals surface area contributed by atoms with Crippen LogP contribution in [0, 0.1) is 0 Å². The molecule has 0 saturated carbocycles. The van der Waals surface area contributed by atoms with Crippen LogP contribution in [-0.2, 0) is 11.2 Å². The predicted octanol–water partition coefficient (Wildman–Crippen LogP) is 2.55. The van der Waals surface area contributed by atoms with E-state index >= 15 is 0 Å². The van der Waals surface area contributed by atoms with E-state index in [1.54, 1.807) is 26.4 Å². The lowest BCUT2D eigenvalue weighted by molar-refractivity contribution is -0.116. The molecule has 0 unspecified atom stereocenters. The Morgan fingerprint density at radius 2 is 1.66 bits per heavy atom. The van der Waals surface area contributed by atoms with Crippen LogP contribution < -0.4 is 19.7 Å². The van der Waals surface area contributed by atoms with E-state index in [9.17, 15) is 9.59 Å². The van der Waals surface area contributed by atoms with Crippen molar-refractivity contribution in [3.05, 3.63) is 47.5 Å². The average molecular weight is 395 g/mol. The van der Waals surface area contributed by atoms with Crippen LogP contribution in [-0.4, -0.2) is 57.1 Å².